The molecular formula is C44H32F8N10O2. The highest BCUT2D eigenvalue weighted by Gasteiger charge is 2.33. The summed E-state index contributed by atoms with van der Waals surface area (Å²) < 4.78 is 120. The molecule has 0 bridgehead atoms. The smallest absolute Gasteiger partial charge is 0.416 e. The monoisotopic (exact) mass is 884 g/mol. The van der Waals surface area contributed by atoms with Gasteiger partial charge in [0.2, 0.25) is 0 Å². The summed E-state index contributed by atoms with van der Waals surface area (Å²) in [5.74, 6) is -1.31. The molecule has 3 aromatic heterocycles. The highest BCUT2D eigenvalue weighted by molar-refractivity contribution is 5.76. The van der Waals surface area contributed by atoms with Gasteiger partial charge in [0.05, 0.1) is 48.6 Å². The number of nitriles is 1. The molecule has 326 valence electrons. The van der Waals surface area contributed by atoms with E-state index in [-0.39, 0.29) is 57.0 Å². The Morgan fingerprint density at radius 2 is 1.27 bits per heavy atom. The van der Waals surface area contributed by atoms with Gasteiger partial charge in [-0.25, -0.2) is 33.7 Å². The summed E-state index contributed by atoms with van der Waals surface area (Å²) >= 11 is 0. The SMILES string of the molecule is N#Cc1nc(N)cnc1-c1ccc(-c2ccc(C(F)(F)F)cc2Oc2ncccn2)cc1F.Nc1cnc(-c2ccc(-c3ccc(C(F)(F)F)cc3CN3CCOCC3)cc2F)cn1. The van der Waals surface area contributed by atoms with Crippen LogP contribution in [0.3, 0.4) is 0 Å². The summed E-state index contributed by atoms with van der Waals surface area (Å²) in [4.78, 5) is 25.5. The third-order valence-electron chi connectivity index (χ3n) is 9.64. The quantitative estimate of drug-likeness (QED) is 0.139. The molecule has 4 N–H and O–H groups in total. The Hall–Kier alpha value is -7.63. The number of ether oxygens (including phenoxy) is 2. The van der Waals surface area contributed by atoms with Gasteiger partial charge < -0.3 is 20.9 Å². The van der Waals surface area contributed by atoms with Crippen LogP contribution < -0.4 is 16.2 Å². The summed E-state index contributed by atoms with van der Waals surface area (Å²) in [6.45, 7) is 2.62. The predicted octanol–water partition coefficient (Wildman–Crippen LogP) is 9.39. The zero-order valence-electron chi connectivity index (χ0n) is 33.0. The Kier molecular flexibility index (Phi) is 13.0. The van der Waals surface area contributed by atoms with Crippen molar-refractivity contribution in [3.63, 3.8) is 0 Å². The molecule has 8 rings (SSSR count). The third-order valence-corrected chi connectivity index (χ3v) is 9.64. The van der Waals surface area contributed by atoms with E-state index in [1.54, 1.807) is 18.2 Å². The number of nitrogens with two attached hydrogens (primary N) is 2. The van der Waals surface area contributed by atoms with Crippen LogP contribution in [-0.2, 0) is 23.6 Å². The Morgan fingerprint density at radius 1 is 0.672 bits per heavy atom. The number of aromatic nitrogens is 6. The van der Waals surface area contributed by atoms with Crippen LogP contribution in [0.2, 0.25) is 0 Å². The number of rotatable bonds is 8. The number of anilines is 2. The van der Waals surface area contributed by atoms with E-state index in [0.29, 0.717) is 55.2 Å². The number of benzene rings is 4. The summed E-state index contributed by atoms with van der Waals surface area (Å²) in [5, 5.41) is 9.25. The number of nitrogen functional groups attached to an aromatic ring is 2. The molecule has 4 aromatic carbocycles. The van der Waals surface area contributed by atoms with E-state index < -0.39 is 35.1 Å². The molecule has 0 spiro atoms. The maximum absolute atomic E-state index is 15.0. The summed E-state index contributed by atoms with van der Waals surface area (Å²) in [5.41, 5.74) is 11.6. The molecule has 1 fully saturated rings. The minimum atomic E-state index is -4.62. The van der Waals surface area contributed by atoms with E-state index in [9.17, 15) is 36.0 Å². The number of alkyl halides is 6. The number of hydrogen-bond acceptors (Lipinski definition) is 12. The van der Waals surface area contributed by atoms with Crippen molar-refractivity contribution < 1.29 is 44.6 Å². The normalized spacial score (nSPS) is 13.1. The molecule has 0 atom stereocenters. The first-order chi connectivity index (χ1) is 30.6. The summed E-state index contributed by atoms with van der Waals surface area (Å²) in [6.07, 6.45) is -2.46. The molecule has 20 heteroatoms. The van der Waals surface area contributed by atoms with Crippen LogP contribution in [0.4, 0.5) is 46.8 Å². The van der Waals surface area contributed by atoms with E-state index in [1.807, 2.05) is 4.90 Å². The minimum Gasteiger partial charge on any atom is -0.424 e. The van der Waals surface area contributed by atoms with Gasteiger partial charge in [-0.05, 0) is 76.9 Å². The second-order valence-corrected chi connectivity index (χ2v) is 13.9. The number of halogens is 8. The average molecular weight is 885 g/mol. The van der Waals surface area contributed by atoms with Gasteiger partial charge in [-0.3, -0.25) is 9.88 Å². The van der Waals surface area contributed by atoms with Crippen LogP contribution in [0.25, 0.3) is 44.8 Å². The van der Waals surface area contributed by atoms with Crippen LogP contribution >= 0.6 is 0 Å². The Labute approximate surface area is 358 Å². The summed E-state index contributed by atoms with van der Waals surface area (Å²) in [6, 6.07) is 17.9. The number of nitrogens with zero attached hydrogens (tertiary/aromatic N) is 8. The van der Waals surface area contributed by atoms with Crippen molar-refractivity contribution in [2.24, 2.45) is 0 Å². The molecule has 4 heterocycles. The second kappa shape index (κ2) is 18.8. The maximum Gasteiger partial charge on any atom is 0.416 e. The van der Waals surface area contributed by atoms with Crippen LogP contribution in [0.5, 0.6) is 11.8 Å². The van der Waals surface area contributed by atoms with E-state index in [0.717, 1.165) is 30.3 Å². The molecule has 0 amide bonds. The van der Waals surface area contributed by atoms with Gasteiger partial charge in [0.15, 0.2) is 5.69 Å². The molecule has 0 radical (unpaired) electrons. The lowest BCUT2D eigenvalue weighted by atomic mass is 9.95. The zero-order chi connectivity index (χ0) is 45.6. The van der Waals surface area contributed by atoms with Crippen LogP contribution in [-0.4, -0.2) is 61.1 Å². The molecule has 0 unspecified atom stereocenters. The first kappa shape index (κ1) is 44.4. The van der Waals surface area contributed by atoms with E-state index in [2.05, 4.69) is 29.9 Å². The standard InChI is InChI=1S/C22H12F4N6O.C22H20F4N4O/c23-16-8-12(2-4-15(16)20-17(10-27)32-19(28)11-31-20)14-5-3-13(22(24,25)26)9-18(14)33-21-29-6-1-7-30-21;23-19-10-14(1-3-18(19)20-11-29-21(27)12-28-20)17-4-2-16(22(24,25)26)9-15(17)13-30-5-7-31-8-6-30/h1-9,11H,(H2,28,32);1-4,9-12H,5-8,13H2,(H2,27,29). The molecular weight excluding hydrogens is 853 g/mol. The predicted molar refractivity (Wildman–Crippen MR) is 217 cm³/mol. The van der Waals surface area contributed by atoms with Gasteiger partial charge in [0, 0.05) is 48.7 Å². The van der Waals surface area contributed by atoms with Gasteiger partial charge in [0.25, 0.3) is 0 Å². The van der Waals surface area contributed by atoms with Crippen molar-refractivity contribution in [2.75, 3.05) is 37.8 Å². The highest BCUT2D eigenvalue weighted by Crippen LogP contribution is 2.40. The minimum absolute atomic E-state index is 0.00186. The largest absolute Gasteiger partial charge is 0.424 e. The lowest BCUT2D eigenvalue weighted by molar-refractivity contribution is -0.138. The lowest BCUT2D eigenvalue weighted by Gasteiger charge is -2.28. The average Bonchev–Trinajstić information content (AvgIpc) is 3.27. The maximum atomic E-state index is 15.0. The van der Waals surface area contributed by atoms with E-state index in [4.69, 9.17) is 20.9 Å². The van der Waals surface area contributed by atoms with Crippen molar-refractivity contribution in [3.8, 4) is 62.6 Å². The molecule has 64 heavy (non-hydrogen) atoms. The van der Waals surface area contributed by atoms with Crippen molar-refractivity contribution >= 4 is 11.6 Å². The fourth-order valence-corrected chi connectivity index (χ4v) is 6.56. The lowest BCUT2D eigenvalue weighted by Crippen LogP contribution is -2.35. The molecule has 1 saturated heterocycles. The van der Waals surface area contributed by atoms with Gasteiger partial charge in [-0.2, -0.15) is 31.6 Å². The first-order valence-corrected chi connectivity index (χ1v) is 18.9. The zero-order valence-corrected chi connectivity index (χ0v) is 33.0. The van der Waals surface area contributed by atoms with Gasteiger partial charge in [-0.1, -0.05) is 24.3 Å². The third kappa shape index (κ3) is 10.5. The van der Waals surface area contributed by atoms with E-state index in [1.165, 1.54) is 67.4 Å². The van der Waals surface area contributed by atoms with Crippen molar-refractivity contribution in [2.45, 2.75) is 18.9 Å². The fourth-order valence-electron chi connectivity index (χ4n) is 6.56. The van der Waals surface area contributed by atoms with Crippen LogP contribution in [0, 0.1) is 23.0 Å². The van der Waals surface area contributed by atoms with Crippen LogP contribution in [0.15, 0.2) is 110 Å². The number of hydrogen-bond donors (Lipinski definition) is 2. The molecule has 0 aliphatic carbocycles. The summed E-state index contributed by atoms with van der Waals surface area (Å²) in [7, 11) is 0. The van der Waals surface area contributed by atoms with Crippen molar-refractivity contribution in [1.29, 1.82) is 5.26 Å². The topological polar surface area (TPSA) is 175 Å². The molecule has 12 nitrogen and oxygen atoms in total. The highest BCUT2D eigenvalue weighted by atomic mass is 19.4. The molecule has 1 aliphatic heterocycles. The molecule has 7 aromatic rings. The van der Waals surface area contributed by atoms with Gasteiger partial charge in [-0.15, -0.1) is 0 Å². The Bertz CT molecular complexity index is 2820. The van der Waals surface area contributed by atoms with Crippen molar-refractivity contribution in [3.05, 3.63) is 144 Å². The first-order valence-electron chi connectivity index (χ1n) is 18.9. The molecule has 1 aliphatic rings. The van der Waals surface area contributed by atoms with Gasteiger partial charge in [0.1, 0.15) is 40.8 Å². The Morgan fingerprint density at radius 3 is 1.88 bits per heavy atom. The molecule has 0 saturated carbocycles. The van der Waals surface area contributed by atoms with Gasteiger partial charge >= 0.3 is 18.4 Å². The second-order valence-electron chi connectivity index (χ2n) is 13.9. The van der Waals surface area contributed by atoms with Crippen LogP contribution in [0.1, 0.15) is 22.4 Å². The van der Waals surface area contributed by atoms with Crippen molar-refractivity contribution in [1.82, 2.24) is 34.8 Å². The fraction of sp³-hybridized carbons (Fsp3) is 0.159. The Balaban J connectivity index is 0.000000192. The number of morpholine rings is 1. The van der Waals surface area contributed by atoms with E-state index >= 15 is 4.39 Å².